The first-order valence-corrected chi connectivity index (χ1v) is 10.3. The lowest BCUT2D eigenvalue weighted by molar-refractivity contribution is -0.116. The molecule has 0 saturated heterocycles. The molecule has 1 amide bonds. The second-order valence-corrected chi connectivity index (χ2v) is 7.69. The van der Waals surface area contributed by atoms with Crippen LogP contribution in [0.3, 0.4) is 0 Å². The molecule has 1 aliphatic heterocycles. The fourth-order valence-electron chi connectivity index (χ4n) is 3.45. The highest BCUT2D eigenvalue weighted by molar-refractivity contribution is 7.99. The molecule has 1 N–H and O–H groups in total. The quantitative estimate of drug-likeness (QED) is 0.545. The molecule has 2 aromatic rings. The molecule has 8 nitrogen and oxygen atoms in total. The molecular weight excluding hydrogens is 394 g/mol. The lowest BCUT2D eigenvalue weighted by atomic mass is 9.86. The van der Waals surface area contributed by atoms with Gasteiger partial charge in [-0.1, -0.05) is 18.7 Å². The Kier molecular flexibility index (Phi) is 6.36. The summed E-state index contributed by atoms with van der Waals surface area (Å²) in [4.78, 5) is 29.7. The smallest absolute Gasteiger partial charge is 0.279 e. The molecule has 1 aliphatic rings. The number of anilines is 1. The molecule has 0 fully saturated rings. The van der Waals surface area contributed by atoms with E-state index >= 15 is 0 Å². The van der Waals surface area contributed by atoms with Gasteiger partial charge in [0.2, 0.25) is 11.7 Å². The fraction of sp³-hybridized carbons (Fsp3) is 0.450. The van der Waals surface area contributed by atoms with Crippen LogP contribution >= 0.6 is 11.8 Å². The molecule has 0 unspecified atom stereocenters. The van der Waals surface area contributed by atoms with Crippen molar-refractivity contribution in [3.05, 3.63) is 33.6 Å². The van der Waals surface area contributed by atoms with Gasteiger partial charge in [-0.05, 0) is 24.1 Å². The summed E-state index contributed by atoms with van der Waals surface area (Å²) < 4.78 is 18.0. The Labute approximate surface area is 173 Å². The Morgan fingerprint density at radius 2 is 1.83 bits per heavy atom. The molecule has 9 heteroatoms. The first-order valence-electron chi connectivity index (χ1n) is 9.28. The van der Waals surface area contributed by atoms with E-state index in [1.165, 1.54) is 33.1 Å². The minimum Gasteiger partial charge on any atom is -0.493 e. The number of carbonyl (C=O) groups excluding carboxylic acids is 1. The zero-order valence-corrected chi connectivity index (χ0v) is 18.0. The number of fused-ring (bicyclic) bond motifs is 1. The number of nitrogens with zero attached hydrogens (tertiary/aromatic N) is 2. The zero-order valence-electron chi connectivity index (χ0n) is 17.2. The third-order valence-corrected chi connectivity index (χ3v) is 6.06. The first-order chi connectivity index (χ1) is 13.9. The topological polar surface area (TPSA) is 91.7 Å². The highest BCUT2D eigenvalue weighted by Crippen LogP contribution is 2.43. The van der Waals surface area contributed by atoms with Crippen molar-refractivity contribution in [2.45, 2.75) is 30.8 Å². The highest BCUT2D eigenvalue weighted by Gasteiger charge is 2.33. The average molecular weight is 420 g/mol. The second kappa shape index (κ2) is 8.77. The lowest BCUT2D eigenvalue weighted by Gasteiger charge is -2.28. The summed E-state index contributed by atoms with van der Waals surface area (Å²) in [6.45, 7) is 2.06. The third kappa shape index (κ3) is 3.91. The van der Waals surface area contributed by atoms with Crippen LogP contribution in [-0.4, -0.2) is 42.5 Å². The van der Waals surface area contributed by atoms with Gasteiger partial charge in [-0.15, -0.1) is 0 Å². The van der Waals surface area contributed by atoms with Crippen LogP contribution in [0.1, 0.15) is 36.8 Å². The minimum atomic E-state index is -0.469. The Hall–Kier alpha value is -2.68. The summed E-state index contributed by atoms with van der Waals surface area (Å²) in [7, 11) is 6.39. The monoisotopic (exact) mass is 419 g/mol. The standard InChI is InChI=1S/C20H25N3O5S/c1-6-7-29-20-22-19(25)16-12(10-15(24)21-18(16)23(20)2)11-8-13(26-3)17(28-5)14(9-11)27-4/h8-9,12H,6-7,10H2,1-5H3,(H,21,24)/t12-/m0/s1. The van der Waals surface area contributed by atoms with Crippen molar-refractivity contribution in [1.29, 1.82) is 0 Å². The number of nitrogens with one attached hydrogen (secondary N) is 1. The molecule has 156 valence electrons. The SMILES string of the molecule is CCCSc1nc(=O)c2c(n1C)NC(=O)C[C@H]2c1cc(OC)c(OC)c(OC)c1. The molecular formula is C20H25N3O5S. The number of hydrogen-bond acceptors (Lipinski definition) is 7. The zero-order chi connectivity index (χ0) is 21.1. The van der Waals surface area contributed by atoms with Gasteiger partial charge in [0.25, 0.3) is 5.56 Å². The molecule has 0 aliphatic carbocycles. The average Bonchev–Trinajstić information content (AvgIpc) is 2.73. The molecule has 0 radical (unpaired) electrons. The van der Waals surface area contributed by atoms with Crippen molar-refractivity contribution < 1.29 is 19.0 Å². The molecule has 0 bridgehead atoms. The summed E-state index contributed by atoms with van der Waals surface area (Å²) in [6.07, 6.45) is 1.09. The largest absolute Gasteiger partial charge is 0.493 e. The van der Waals surface area contributed by atoms with Gasteiger partial charge < -0.3 is 24.1 Å². The number of ether oxygens (including phenoxy) is 3. The van der Waals surface area contributed by atoms with Gasteiger partial charge in [-0.2, -0.15) is 4.98 Å². The fourth-order valence-corrected chi connectivity index (χ4v) is 4.26. The maximum Gasteiger partial charge on any atom is 0.279 e. The van der Waals surface area contributed by atoms with E-state index < -0.39 is 5.92 Å². The number of rotatable bonds is 7. The van der Waals surface area contributed by atoms with E-state index in [0.29, 0.717) is 33.8 Å². The van der Waals surface area contributed by atoms with Gasteiger partial charge in [0.1, 0.15) is 5.82 Å². The van der Waals surface area contributed by atoms with E-state index in [9.17, 15) is 9.59 Å². The lowest BCUT2D eigenvalue weighted by Crippen LogP contribution is -2.33. The molecule has 0 saturated carbocycles. The van der Waals surface area contributed by atoms with E-state index in [2.05, 4.69) is 17.2 Å². The molecule has 1 aromatic carbocycles. The first kappa shape index (κ1) is 21.0. The normalized spacial score (nSPS) is 15.5. The maximum atomic E-state index is 12.9. The summed E-state index contributed by atoms with van der Waals surface area (Å²) in [6, 6.07) is 3.54. The predicted octanol–water partition coefficient (Wildman–Crippen LogP) is 2.78. The Morgan fingerprint density at radius 3 is 2.38 bits per heavy atom. The van der Waals surface area contributed by atoms with Crippen LogP contribution in [0.4, 0.5) is 5.82 Å². The van der Waals surface area contributed by atoms with E-state index in [4.69, 9.17) is 14.2 Å². The molecule has 1 aromatic heterocycles. The van der Waals surface area contributed by atoms with Gasteiger partial charge in [0.05, 0.1) is 26.9 Å². The van der Waals surface area contributed by atoms with E-state index in [1.807, 2.05) is 0 Å². The number of hydrogen-bond donors (Lipinski definition) is 1. The van der Waals surface area contributed by atoms with Crippen LogP contribution in [0.2, 0.25) is 0 Å². The van der Waals surface area contributed by atoms with Crippen LogP contribution < -0.4 is 25.1 Å². The minimum absolute atomic E-state index is 0.129. The molecule has 0 spiro atoms. The van der Waals surface area contributed by atoms with Gasteiger partial charge in [-0.25, -0.2) is 0 Å². The van der Waals surface area contributed by atoms with E-state index in [-0.39, 0.29) is 17.9 Å². The highest BCUT2D eigenvalue weighted by atomic mass is 32.2. The van der Waals surface area contributed by atoms with Gasteiger partial charge in [-0.3, -0.25) is 9.59 Å². The van der Waals surface area contributed by atoms with Crippen molar-refractivity contribution in [2.75, 3.05) is 32.4 Å². The van der Waals surface area contributed by atoms with Crippen molar-refractivity contribution in [3.8, 4) is 17.2 Å². The number of aromatic nitrogens is 2. The summed E-state index contributed by atoms with van der Waals surface area (Å²) in [5, 5.41) is 3.43. The molecule has 1 atom stereocenters. The molecule has 2 heterocycles. The number of thioether (sulfide) groups is 1. The van der Waals surface area contributed by atoms with Gasteiger partial charge >= 0.3 is 0 Å². The van der Waals surface area contributed by atoms with E-state index in [1.54, 1.807) is 23.7 Å². The predicted molar refractivity (Wildman–Crippen MR) is 112 cm³/mol. The number of methoxy groups -OCH3 is 3. The Bertz CT molecular complexity index is 964. The van der Waals surface area contributed by atoms with Crippen LogP contribution in [0.15, 0.2) is 22.1 Å². The third-order valence-electron chi connectivity index (χ3n) is 4.83. The molecule has 29 heavy (non-hydrogen) atoms. The number of benzene rings is 1. The summed E-state index contributed by atoms with van der Waals surface area (Å²) in [5.74, 6) is 2.08. The maximum absolute atomic E-state index is 12.9. The molecule has 3 rings (SSSR count). The Morgan fingerprint density at radius 1 is 1.17 bits per heavy atom. The van der Waals surface area contributed by atoms with Crippen LogP contribution in [-0.2, 0) is 11.8 Å². The number of amides is 1. The van der Waals surface area contributed by atoms with Crippen molar-refractivity contribution in [1.82, 2.24) is 9.55 Å². The van der Waals surface area contributed by atoms with Crippen LogP contribution in [0, 0.1) is 0 Å². The van der Waals surface area contributed by atoms with Gasteiger partial charge in [0.15, 0.2) is 16.7 Å². The van der Waals surface area contributed by atoms with Crippen molar-refractivity contribution in [3.63, 3.8) is 0 Å². The summed E-state index contributed by atoms with van der Waals surface area (Å²) >= 11 is 1.49. The van der Waals surface area contributed by atoms with Crippen molar-refractivity contribution >= 4 is 23.5 Å². The van der Waals surface area contributed by atoms with Crippen LogP contribution in [0.25, 0.3) is 0 Å². The van der Waals surface area contributed by atoms with Gasteiger partial charge in [0, 0.05) is 25.1 Å². The second-order valence-electron chi connectivity index (χ2n) is 6.63. The van der Waals surface area contributed by atoms with Crippen LogP contribution in [0.5, 0.6) is 17.2 Å². The summed E-state index contributed by atoms with van der Waals surface area (Å²) in [5.41, 5.74) is 0.848. The van der Waals surface area contributed by atoms with Crippen molar-refractivity contribution in [2.24, 2.45) is 7.05 Å². The number of carbonyl (C=O) groups is 1. The Balaban J connectivity index is 2.18. The van der Waals surface area contributed by atoms with E-state index in [0.717, 1.165) is 17.7 Å².